The molecule has 35 heavy (non-hydrogen) atoms. The zero-order valence-electron chi connectivity index (χ0n) is 20.6. The van der Waals surface area contributed by atoms with E-state index in [1.54, 1.807) is 0 Å². The van der Waals surface area contributed by atoms with Gasteiger partial charge in [-0.3, -0.25) is 19.5 Å². The summed E-state index contributed by atoms with van der Waals surface area (Å²) in [4.78, 5) is 20.6. The number of fused-ring (bicyclic) bond motifs is 1. The molecule has 5 heteroatoms. The minimum absolute atomic E-state index is 0. The predicted molar refractivity (Wildman–Crippen MR) is 147 cm³/mol. The Labute approximate surface area is 215 Å². The molecule has 5 rings (SSSR count). The molecule has 1 amide bonds. The van der Waals surface area contributed by atoms with Gasteiger partial charge in [-0.1, -0.05) is 72.8 Å². The molecule has 0 saturated carbocycles. The van der Waals surface area contributed by atoms with Crippen molar-refractivity contribution in [3.63, 3.8) is 0 Å². The summed E-state index contributed by atoms with van der Waals surface area (Å²) in [6.07, 6.45) is 2.30. The van der Waals surface area contributed by atoms with Crippen molar-refractivity contribution in [3.05, 3.63) is 108 Å². The molecule has 1 fully saturated rings. The molecule has 0 unspecified atom stereocenters. The van der Waals surface area contributed by atoms with E-state index in [9.17, 15) is 4.79 Å². The van der Waals surface area contributed by atoms with Crippen LogP contribution in [0.1, 0.15) is 35.3 Å². The molecule has 0 atom stereocenters. The topological polar surface area (TPSA) is 26.8 Å². The minimum atomic E-state index is -0.411. The molecule has 0 aliphatic carbocycles. The van der Waals surface area contributed by atoms with Gasteiger partial charge in [-0.15, -0.1) is 12.4 Å². The summed E-state index contributed by atoms with van der Waals surface area (Å²) >= 11 is 0. The first-order valence-corrected chi connectivity index (χ1v) is 12.2. The van der Waals surface area contributed by atoms with Crippen LogP contribution in [-0.4, -0.2) is 54.0 Å². The average molecular weight is 488 g/mol. The van der Waals surface area contributed by atoms with Gasteiger partial charge in [0.25, 0.3) is 5.91 Å². The number of benzene rings is 3. The van der Waals surface area contributed by atoms with Crippen molar-refractivity contribution in [1.82, 2.24) is 9.80 Å². The number of rotatable bonds is 5. The molecule has 0 N–H and O–H groups in total. The van der Waals surface area contributed by atoms with Gasteiger partial charge in [-0.2, -0.15) is 0 Å². The summed E-state index contributed by atoms with van der Waals surface area (Å²) in [7, 11) is 0. The first-order valence-electron chi connectivity index (χ1n) is 12.2. The van der Waals surface area contributed by atoms with Crippen LogP contribution in [0.5, 0.6) is 0 Å². The van der Waals surface area contributed by atoms with Crippen molar-refractivity contribution in [2.45, 2.75) is 25.9 Å². The van der Waals surface area contributed by atoms with Crippen LogP contribution >= 0.6 is 12.4 Å². The van der Waals surface area contributed by atoms with Gasteiger partial charge in [0.15, 0.2) is 0 Å². The molecule has 182 valence electrons. The Morgan fingerprint density at radius 1 is 0.743 bits per heavy atom. The number of para-hydroxylation sites is 1. The zero-order chi connectivity index (χ0) is 23.5. The number of hydrogen-bond acceptors (Lipinski definition) is 3. The van der Waals surface area contributed by atoms with Crippen LogP contribution in [0.4, 0.5) is 5.69 Å². The third-order valence-corrected chi connectivity index (χ3v) is 6.93. The molecule has 2 heterocycles. The lowest BCUT2D eigenvalue weighted by molar-refractivity contribution is 0.0970. The van der Waals surface area contributed by atoms with E-state index in [0.717, 1.165) is 56.1 Å². The predicted octanol–water partition coefficient (Wildman–Crippen LogP) is 5.75. The van der Waals surface area contributed by atoms with Crippen molar-refractivity contribution in [3.8, 4) is 0 Å². The standard InChI is InChI=1S/C30H33N3O.ClH/c1-30(2)21-26(23-32-19-17-31(18-20-32)22-24-11-5-3-6-12-24)27-15-9-10-16-28(27)33(30)29(34)25-13-7-4-8-14-25;/h3-16,21H,17-20,22-23H2,1-2H3;1H. The number of hydrogen-bond donors (Lipinski definition) is 0. The highest BCUT2D eigenvalue weighted by molar-refractivity contribution is 6.10. The van der Waals surface area contributed by atoms with Crippen LogP contribution in [0, 0.1) is 0 Å². The number of halogens is 1. The Morgan fingerprint density at radius 3 is 1.94 bits per heavy atom. The minimum Gasteiger partial charge on any atom is -0.299 e. The number of anilines is 1. The monoisotopic (exact) mass is 487 g/mol. The highest BCUT2D eigenvalue weighted by Crippen LogP contribution is 2.40. The Bertz CT molecular complexity index is 1170. The van der Waals surface area contributed by atoms with Crippen molar-refractivity contribution < 1.29 is 4.79 Å². The lowest BCUT2D eigenvalue weighted by Gasteiger charge is -2.43. The van der Waals surface area contributed by atoms with E-state index in [4.69, 9.17) is 0 Å². The van der Waals surface area contributed by atoms with Gasteiger partial charge in [-0.05, 0) is 43.2 Å². The van der Waals surface area contributed by atoms with E-state index >= 15 is 0 Å². The van der Waals surface area contributed by atoms with Crippen LogP contribution < -0.4 is 4.90 Å². The SMILES string of the molecule is CC1(C)C=C(CN2CCN(Cc3ccccc3)CC2)c2ccccc2N1C(=O)c1ccccc1.Cl. The molecular weight excluding hydrogens is 454 g/mol. The lowest BCUT2D eigenvalue weighted by Crippen LogP contribution is -2.50. The molecule has 3 aromatic carbocycles. The van der Waals surface area contributed by atoms with Gasteiger partial charge in [0, 0.05) is 50.4 Å². The average Bonchev–Trinajstić information content (AvgIpc) is 2.86. The second-order valence-corrected chi connectivity index (χ2v) is 9.88. The number of amides is 1. The maximum Gasteiger partial charge on any atom is 0.259 e. The Hall–Kier alpha value is -2.92. The molecule has 0 radical (unpaired) electrons. The molecule has 2 aliphatic heterocycles. The summed E-state index contributed by atoms with van der Waals surface area (Å²) in [5, 5.41) is 0. The van der Waals surface area contributed by atoms with Crippen molar-refractivity contribution in [2.24, 2.45) is 0 Å². The Kier molecular flexibility index (Phi) is 7.75. The van der Waals surface area contributed by atoms with Crippen LogP contribution in [0.2, 0.25) is 0 Å². The van der Waals surface area contributed by atoms with Gasteiger partial charge in [-0.25, -0.2) is 0 Å². The fourth-order valence-electron chi connectivity index (χ4n) is 5.22. The Morgan fingerprint density at radius 2 is 1.29 bits per heavy atom. The zero-order valence-corrected chi connectivity index (χ0v) is 21.4. The van der Waals surface area contributed by atoms with E-state index < -0.39 is 5.54 Å². The van der Waals surface area contributed by atoms with Crippen LogP contribution in [0.15, 0.2) is 91.0 Å². The third kappa shape index (κ3) is 5.51. The summed E-state index contributed by atoms with van der Waals surface area (Å²) in [6.45, 7) is 10.5. The first kappa shape index (κ1) is 25.2. The van der Waals surface area contributed by atoms with Crippen molar-refractivity contribution in [2.75, 3.05) is 37.6 Å². The number of nitrogens with zero attached hydrogens (tertiary/aromatic N) is 3. The van der Waals surface area contributed by atoms with Crippen molar-refractivity contribution in [1.29, 1.82) is 0 Å². The third-order valence-electron chi connectivity index (χ3n) is 6.93. The van der Waals surface area contributed by atoms with Gasteiger partial charge >= 0.3 is 0 Å². The molecule has 0 spiro atoms. The van der Waals surface area contributed by atoms with Crippen LogP contribution in [-0.2, 0) is 6.54 Å². The molecular formula is C30H34ClN3O. The fraction of sp³-hybridized carbons (Fsp3) is 0.300. The van der Waals surface area contributed by atoms with E-state index in [0.29, 0.717) is 0 Å². The quantitative estimate of drug-likeness (QED) is 0.458. The Balaban J connectivity index is 0.00000289. The first-order chi connectivity index (χ1) is 16.5. The normalized spacial score (nSPS) is 17.8. The van der Waals surface area contributed by atoms with E-state index in [-0.39, 0.29) is 18.3 Å². The number of carbonyl (C=O) groups excluding carboxylic acids is 1. The molecule has 0 aromatic heterocycles. The van der Waals surface area contributed by atoms with E-state index in [1.165, 1.54) is 11.1 Å². The summed E-state index contributed by atoms with van der Waals surface area (Å²) in [6, 6.07) is 28.7. The van der Waals surface area contributed by atoms with Crippen molar-refractivity contribution >= 4 is 29.6 Å². The largest absolute Gasteiger partial charge is 0.299 e. The smallest absolute Gasteiger partial charge is 0.259 e. The van der Waals surface area contributed by atoms with Crippen LogP contribution in [0.25, 0.3) is 5.57 Å². The maximum atomic E-state index is 13.5. The summed E-state index contributed by atoms with van der Waals surface area (Å²) < 4.78 is 0. The maximum absolute atomic E-state index is 13.5. The second-order valence-electron chi connectivity index (χ2n) is 9.88. The molecule has 3 aromatic rings. The van der Waals surface area contributed by atoms with E-state index in [2.05, 4.69) is 78.3 Å². The molecule has 1 saturated heterocycles. The number of piperazine rings is 1. The van der Waals surface area contributed by atoms with Gasteiger partial charge in [0.2, 0.25) is 0 Å². The molecule has 0 bridgehead atoms. The van der Waals surface area contributed by atoms with Gasteiger partial charge < -0.3 is 0 Å². The number of carbonyl (C=O) groups is 1. The van der Waals surface area contributed by atoms with E-state index in [1.807, 2.05) is 41.3 Å². The summed E-state index contributed by atoms with van der Waals surface area (Å²) in [5.41, 5.74) is 5.17. The highest BCUT2D eigenvalue weighted by Gasteiger charge is 2.37. The molecule has 4 nitrogen and oxygen atoms in total. The lowest BCUT2D eigenvalue weighted by atomic mass is 9.87. The molecule has 2 aliphatic rings. The second kappa shape index (κ2) is 10.8. The van der Waals surface area contributed by atoms with Crippen LogP contribution in [0.3, 0.4) is 0 Å². The summed E-state index contributed by atoms with van der Waals surface area (Å²) in [5.74, 6) is 0.0443. The highest BCUT2D eigenvalue weighted by atomic mass is 35.5. The van der Waals surface area contributed by atoms with Gasteiger partial charge in [0.1, 0.15) is 0 Å². The fourth-order valence-corrected chi connectivity index (χ4v) is 5.22. The van der Waals surface area contributed by atoms with Gasteiger partial charge in [0.05, 0.1) is 11.2 Å².